The second-order valence-corrected chi connectivity index (χ2v) is 4.91. The summed E-state index contributed by atoms with van der Waals surface area (Å²) in [5.74, 6) is -0.166. The van der Waals surface area contributed by atoms with Gasteiger partial charge in [-0.1, -0.05) is 0 Å². The van der Waals surface area contributed by atoms with E-state index in [4.69, 9.17) is 4.74 Å². The molecule has 22 heavy (non-hydrogen) atoms. The van der Waals surface area contributed by atoms with Gasteiger partial charge in [-0.2, -0.15) is 0 Å². The maximum Gasteiger partial charge on any atom is 0.409 e. The number of hydrogen-bond acceptors (Lipinski definition) is 5. The Morgan fingerprint density at radius 3 is 2.41 bits per heavy atom. The van der Waals surface area contributed by atoms with Gasteiger partial charge >= 0.3 is 6.09 Å². The Hall–Kier alpha value is -2.64. The molecule has 116 valence electrons. The molecule has 1 aliphatic heterocycles. The number of piperazine rings is 1. The molecule has 0 aromatic carbocycles. The molecule has 1 saturated heterocycles. The Bertz CT molecular complexity index is 691. The highest BCUT2D eigenvalue weighted by molar-refractivity contribution is 5.97. The van der Waals surface area contributed by atoms with Gasteiger partial charge in [-0.15, -0.1) is 0 Å². The molecule has 8 heteroatoms. The Morgan fingerprint density at radius 1 is 1.09 bits per heavy atom. The molecule has 3 heterocycles. The molecule has 0 N–H and O–H groups in total. The van der Waals surface area contributed by atoms with Gasteiger partial charge in [0.15, 0.2) is 11.3 Å². The summed E-state index contributed by atoms with van der Waals surface area (Å²) in [6.45, 7) is 3.96. The van der Waals surface area contributed by atoms with Gasteiger partial charge in [0.25, 0.3) is 5.91 Å². The number of aromatic nitrogens is 3. The second-order valence-electron chi connectivity index (χ2n) is 4.91. The van der Waals surface area contributed by atoms with Crippen LogP contribution in [0.4, 0.5) is 4.79 Å². The van der Waals surface area contributed by atoms with Crippen LogP contribution in [0.25, 0.3) is 5.65 Å². The molecular formula is C14H17N5O3. The first-order valence-electron chi connectivity index (χ1n) is 7.19. The highest BCUT2D eigenvalue weighted by Crippen LogP contribution is 2.11. The number of carbonyl (C=O) groups is 2. The number of rotatable bonds is 2. The average molecular weight is 303 g/mol. The number of hydrogen-bond donors (Lipinski definition) is 0. The van der Waals surface area contributed by atoms with Crippen LogP contribution in [0.3, 0.4) is 0 Å². The van der Waals surface area contributed by atoms with Crippen LogP contribution in [0.1, 0.15) is 17.4 Å². The first-order valence-corrected chi connectivity index (χ1v) is 7.19. The lowest BCUT2D eigenvalue weighted by Crippen LogP contribution is -2.50. The van der Waals surface area contributed by atoms with E-state index in [2.05, 4.69) is 9.97 Å². The number of amides is 2. The fraction of sp³-hybridized carbons (Fsp3) is 0.429. The molecule has 2 amide bonds. The van der Waals surface area contributed by atoms with E-state index in [1.54, 1.807) is 45.9 Å². The third-order valence-electron chi connectivity index (χ3n) is 3.61. The fourth-order valence-electron chi connectivity index (χ4n) is 2.46. The smallest absolute Gasteiger partial charge is 0.409 e. The maximum atomic E-state index is 12.6. The molecule has 0 spiro atoms. The second kappa shape index (κ2) is 6.00. The van der Waals surface area contributed by atoms with Crippen LogP contribution in [0.15, 0.2) is 24.8 Å². The maximum absolute atomic E-state index is 12.6. The van der Waals surface area contributed by atoms with Crippen LogP contribution in [0.2, 0.25) is 0 Å². The van der Waals surface area contributed by atoms with E-state index in [-0.39, 0.29) is 12.0 Å². The van der Waals surface area contributed by atoms with Crippen molar-refractivity contribution in [1.29, 1.82) is 0 Å². The Kier molecular flexibility index (Phi) is 3.90. The SMILES string of the molecule is CCOC(=O)N1CCN(C(=O)c2nccn3ccnc23)CC1. The number of ether oxygens (including phenoxy) is 1. The zero-order valence-corrected chi connectivity index (χ0v) is 12.3. The van der Waals surface area contributed by atoms with Gasteiger partial charge in [0.05, 0.1) is 6.61 Å². The predicted molar refractivity (Wildman–Crippen MR) is 77.5 cm³/mol. The van der Waals surface area contributed by atoms with Gasteiger partial charge in [0.2, 0.25) is 0 Å². The summed E-state index contributed by atoms with van der Waals surface area (Å²) in [4.78, 5) is 35.9. The molecular weight excluding hydrogens is 286 g/mol. The summed E-state index contributed by atoms with van der Waals surface area (Å²) in [7, 11) is 0. The van der Waals surface area contributed by atoms with Crippen molar-refractivity contribution in [2.24, 2.45) is 0 Å². The van der Waals surface area contributed by atoms with Crippen molar-refractivity contribution in [3.05, 3.63) is 30.5 Å². The molecule has 0 unspecified atom stereocenters. The molecule has 2 aromatic rings. The molecule has 0 bridgehead atoms. The van der Waals surface area contributed by atoms with Gasteiger partial charge in [-0.25, -0.2) is 14.8 Å². The van der Waals surface area contributed by atoms with Gasteiger partial charge in [0.1, 0.15) is 0 Å². The van der Waals surface area contributed by atoms with Crippen LogP contribution in [0, 0.1) is 0 Å². The lowest BCUT2D eigenvalue weighted by atomic mass is 10.3. The minimum absolute atomic E-state index is 0.166. The molecule has 0 radical (unpaired) electrons. The van der Waals surface area contributed by atoms with Crippen LogP contribution < -0.4 is 0 Å². The molecule has 8 nitrogen and oxygen atoms in total. The van der Waals surface area contributed by atoms with Gasteiger partial charge in [-0.05, 0) is 6.92 Å². The van der Waals surface area contributed by atoms with Crippen molar-refractivity contribution >= 4 is 17.6 Å². The highest BCUT2D eigenvalue weighted by atomic mass is 16.6. The zero-order valence-electron chi connectivity index (χ0n) is 12.3. The minimum atomic E-state index is -0.330. The molecule has 1 aliphatic rings. The van der Waals surface area contributed by atoms with E-state index in [0.29, 0.717) is 44.1 Å². The summed E-state index contributed by atoms with van der Waals surface area (Å²) < 4.78 is 6.73. The van der Waals surface area contributed by atoms with Crippen LogP contribution >= 0.6 is 0 Å². The zero-order chi connectivity index (χ0) is 15.5. The van der Waals surface area contributed by atoms with Crippen molar-refractivity contribution in [3.8, 4) is 0 Å². The van der Waals surface area contributed by atoms with Crippen molar-refractivity contribution in [2.75, 3.05) is 32.8 Å². The summed E-state index contributed by atoms with van der Waals surface area (Å²) in [6, 6.07) is 0. The topological polar surface area (TPSA) is 80.0 Å². The molecule has 0 atom stereocenters. The van der Waals surface area contributed by atoms with Crippen molar-refractivity contribution in [2.45, 2.75) is 6.92 Å². The van der Waals surface area contributed by atoms with Gasteiger partial charge < -0.3 is 18.9 Å². The molecule has 2 aromatic heterocycles. The van der Waals surface area contributed by atoms with E-state index in [0.717, 1.165) is 0 Å². The van der Waals surface area contributed by atoms with Crippen LogP contribution in [-0.4, -0.2) is 69.0 Å². The molecule has 0 aliphatic carbocycles. The van der Waals surface area contributed by atoms with Gasteiger partial charge in [0, 0.05) is 51.0 Å². The molecule has 0 saturated carbocycles. The lowest BCUT2D eigenvalue weighted by Gasteiger charge is -2.33. The monoisotopic (exact) mass is 303 g/mol. The van der Waals surface area contributed by atoms with Crippen molar-refractivity contribution in [3.63, 3.8) is 0 Å². The van der Waals surface area contributed by atoms with E-state index in [1.807, 2.05) is 0 Å². The first-order chi connectivity index (χ1) is 10.7. The lowest BCUT2D eigenvalue weighted by molar-refractivity contribution is 0.0567. The third-order valence-corrected chi connectivity index (χ3v) is 3.61. The number of nitrogens with zero attached hydrogens (tertiary/aromatic N) is 5. The highest BCUT2D eigenvalue weighted by Gasteiger charge is 2.27. The standard InChI is InChI=1S/C14H17N5O3/c1-2-22-14(21)19-9-7-18(8-10-19)13(20)11-12-16-4-6-17(12)5-3-15-11/h3-6H,2,7-10H2,1H3. The first kappa shape index (κ1) is 14.3. The Morgan fingerprint density at radius 2 is 1.73 bits per heavy atom. The van der Waals surface area contributed by atoms with E-state index in [1.165, 1.54) is 0 Å². The van der Waals surface area contributed by atoms with Crippen LogP contribution in [-0.2, 0) is 4.74 Å². The average Bonchev–Trinajstić information content (AvgIpc) is 3.03. The van der Waals surface area contributed by atoms with E-state index in [9.17, 15) is 9.59 Å². The van der Waals surface area contributed by atoms with E-state index < -0.39 is 0 Å². The quantitative estimate of drug-likeness (QED) is 0.813. The van der Waals surface area contributed by atoms with Crippen molar-refractivity contribution in [1.82, 2.24) is 24.2 Å². The predicted octanol–water partition coefficient (Wildman–Crippen LogP) is 0.644. The largest absolute Gasteiger partial charge is 0.450 e. The summed E-state index contributed by atoms with van der Waals surface area (Å²) in [5, 5.41) is 0. The minimum Gasteiger partial charge on any atom is -0.450 e. The summed E-state index contributed by atoms with van der Waals surface area (Å²) in [5.41, 5.74) is 0.873. The fourth-order valence-corrected chi connectivity index (χ4v) is 2.46. The van der Waals surface area contributed by atoms with Gasteiger partial charge in [-0.3, -0.25) is 4.79 Å². The normalized spacial score (nSPS) is 15.1. The number of imidazole rings is 1. The molecule has 1 fully saturated rings. The van der Waals surface area contributed by atoms with Crippen molar-refractivity contribution < 1.29 is 14.3 Å². The van der Waals surface area contributed by atoms with E-state index >= 15 is 0 Å². The summed E-state index contributed by atoms with van der Waals surface area (Å²) in [6.07, 6.45) is 6.40. The number of carbonyl (C=O) groups excluding carboxylic acids is 2. The third kappa shape index (κ3) is 2.59. The van der Waals surface area contributed by atoms with Crippen LogP contribution in [0.5, 0.6) is 0 Å². The Labute approximate surface area is 127 Å². The number of fused-ring (bicyclic) bond motifs is 1. The molecule has 3 rings (SSSR count). The Balaban J connectivity index is 1.70. The summed E-state index contributed by atoms with van der Waals surface area (Å²) >= 11 is 0.